The molecule has 0 aromatic heterocycles. The highest BCUT2D eigenvalue weighted by molar-refractivity contribution is 5.55. The summed E-state index contributed by atoms with van der Waals surface area (Å²) in [6, 6.07) is 17.6. The first kappa shape index (κ1) is 12.3. The molecule has 94 valence electrons. The van der Waals surface area contributed by atoms with Crippen molar-refractivity contribution in [3.63, 3.8) is 0 Å². The third-order valence-corrected chi connectivity index (χ3v) is 2.51. The molecule has 0 aliphatic heterocycles. The molecule has 3 heteroatoms. The van der Waals surface area contributed by atoms with Gasteiger partial charge in [0.2, 0.25) is 0 Å². The number of ether oxygens (including phenoxy) is 2. The van der Waals surface area contributed by atoms with E-state index in [1.54, 1.807) is 0 Å². The van der Waals surface area contributed by atoms with E-state index in [0.29, 0.717) is 13.2 Å². The zero-order chi connectivity index (χ0) is 12.6. The Bertz CT molecular complexity index is 471. The van der Waals surface area contributed by atoms with Crippen LogP contribution in [-0.4, -0.2) is 20.3 Å². The highest BCUT2D eigenvalue weighted by atomic mass is 16.5. The summed E-state index contributed by atoms with van der Waals surface area (Å²) in [4.78, 5) is 0. The fourth-order valence-corrected chi connectivity index (χ4v) is 1.63. The molecular weight excluding hydrogens is 226 g/mol. The van der Waals surface area contributed by atoms with E-state index in [-0.39, 0.29) is 0 Å². The molecule has 3 nitrogen and oxygen atoms in total. The molecule has 0 saturated heterocycles. The van der Waals surface area contributed by atoms with Gasteiger partial charge in [-0.25, -0.2) is 0 Å². The fraction of sp³-hybridized carbons (Fsp3) is 0.200. The second kappa shape index (κ2) is 6.55. The van der Waals surface area contributed by atoms with Crippen LogP contribution in [0.4, 0.5) is 5.69 Å². The van der Waals surface area contributed by atoms with Gasteiger partial charge in [0, 0.05) is 7.05 Å². The van der Waals surface area contributed by atoms with Gasteiger partial charge < -0.3 is 14.8 Å². The summed E-state index contributed by atoms with van der Waals surface area (Å²) in [6.45, 7) is 1.05. The van der Waals surface area contributed by atoms with Crippen LogP contribution in [-0.2, 0) is 0 Å². The smallest absolute Gasteiger partial charge is 0.142 e. The molecule has 0 spiro atoms. The maximum Gasteiger partial charge on any atom is 0.142 e. The number of benzene rings is 2. The van der Waals surface area contributed by atoms with Crippen LogP contribution in [0.1, 0.15) is 0 Å². The molecule has 2 rings (SSSR count). The highest BCUT2D eigenvalue weighted by Gasteiger charge is 2.00. The second-order valence-corrected chi connectivity index (χ2v) is 3.76. The summed E-state index contributed by atoms with van der Waals surface area (Å²) in [5.41, 5.74) is 0.984. The molecule has 0 atom stereocenters. The van der Waals surface area contributed by atoms with Crippen LogP contribution >= 0.6 is 0 Å². The standard InChI is InChI=1S/C15H17NO2/c1-16-14-9-5-6-10-15(14)18-12-11-17-13-7-3-2-4-8-13/h2-10,16H,11-12H2,1H3. The van der Waals surface area contributed by atoms with E-state index in [1.165, 1.54) is 0 Å². The van der Waals surface area contributed by atoms with E-state index in [2.05, 4.69) is 5.32 Å². The predicted octanol–water partition coefficient (Wildman–Crippen LogP) is 3.19. The largest absolute Gasteiger partial charge is 0.490 e. The number of hydrogen-bond acceptors (Lipinski definition) is 3. The van der Waals surface area contributed by atoms with Crippen LogP contribution in [0.5, 0.6) is 11.5 Å². The highest BCUT2D eigenvalue weighted by Crippen LogP contribution is 2.22. The molecule has 0 aliphatic carbocycles. The molecule has 0 heterocycles. The van der Waals surface area contributed by atoms with Gasteiger partial charge in [-0.2, -0.15) is 0 Å². The number of hydrogen-bond donors (Lipinski definition) is 1. The third-order valence-electron chi connectivity index (χ3n) is 2.51. The lowest BCUT2D eigenvalue weighted by molar-refractivity contribution is 0.218. The molecule has 0 bridgehead atoms. The van der Waals surface area contributed by atoms with E-state index < -0.39 is 0 Å². The first-order chi connectivity index (χ1) is 8.90. The molecular formula is C15H17NO2. The first-order valence-electron chi connectivity index (χ1n) is 5.97. The van der Waals surface area contributed by atoms with E-state index in [1.807, 2.05) is 61.6 Å². The Labute approximate surface area is 107 Å². The van der Waals surface area contributed by atoms with Crippen LogP contribution in [0.3, 0.4) is 0 Å². The minimum Gasteiger partial charge on any atom is -0.490 e. The Morgan fingerprint density at radius 2 is 1.50 bits per heavy atom. The summed E-state index contributed by atoms with van der Waals surface area (Å²) < 4.78 is 11.2. The Morgan fingerprint density at radius 3 is 2.28 bits per heavy atom. The van der Waals surface area contributed by atoms with Gasteiger partial charge in [-0.15, -0.1) is 0 Å². The van der Waals surface area contributed by atoms with Crippen LogP contribution in [0.15, 0.2) is 54.6 Å². The van der Waals surface area contributed by atoms with Crippen molar-refractivity contribution in [3.8, 4) is 11.5 Å². The topological polar surface area (TPSA) is 30.5 Å². The summed E-state index contributed by atoms with van der Waals surface area (Å²) in [5.74, 6) is 1.71. The van der Waals surface area contributed by atoms with Crippen molar-refractivity contribution in [3.05, 3.63) is 54.6 Å². The molecule has 2 aromatic carbocycles. The van der Waals surface area contributed by atoms with Gasteiger partial charge >= 0.3 is 0 Å². The van der Waals surface area contributed by atoms with E-state index in [4.69, 9.17) is 9.47 Å². The van der Waals surface area contributed by atoms with Crippen LogP contribution in [0, 0.1) is 0 Å². The Morgan fingerprint density at radius 1 is 0.833 bits per heavy atom. The average Bonchev–Trinajstić information content (AvgIpc) is 2.45. The third kappa shape index (κ3) is 3.42. The SMILES string of the molecule is CNc1ccccc1OCCOc1ccccc1. The summed E-state index contributed by atoms with van der Waals surface area (Å²) in [5, 5.41) is 3.09. The van der Waals surface area contributed by atoms with Crippen molar-refractivity contribution >= 4 is 5.69 Å². The fourth-order valence-electron chi connectivity index (χ4n) is 1.63. The van der Waals surface area contributed by atoms with Gasteiger partial charge in [-0.05, 0) is 24.3 Å². The number of anilines is 1. The van der Waals surface area contributed by atoms with Gasteiger partial charge in [0.25, 0.3) is 0 Å². The maximum absolute atomic E-state index is 5.66. The van der Waals surface area contributed by atoms with Crippen LogP contribution < -0.4 is 14.8 Å². The lowest BCUT2D eigenvalue weighted by atomic mass is 10.3. The van der Waals surface area contributed by atoms with Crippen molar-refractivity contribution in [2.45, 2.75) is 0 Å². The lowest BCUT2D eigenvalue weighted by Gasteiger charge is -2.11. The quantitative estimate of drug-likeness (QED) is 0.790. The van der Waals surface area contributed by atoms with E-state index in [9.17, 15) is 0 Å². The van der Waals surface area contributed by atoms with Gasteiger partial charge in [0.05, 0.1) is 5.69 Å². The maximum atomic E-state index is 5.66. The van der Waals surface area contributed by atoms with Crippen molar-refractivity contribution in [1.29, 1.82) is 0 Å². The minimum absolute atomic E-state index is 0.521. The molecule has 0 saturated carbocycles. The van der Waals surface area contributed by atoms with Gasteiger partial charge in [0.1, 0.15) is 24.7 Å². The number of nitrogens with one attached hydrogen (secondary N) is 1. The van der Waals surface area contributed by atoms with Crippen molar-refractivity contribution < 1.29 is 9.47 Å². The van der Waals surface area contributed by atoms with E-state index in [0.717, 1.165) is 17.2 Å². The zero-order valence-corrected chi connectivity index (χ0v) is 10.4. The van der Waals surface area contributed by atoms with Crippen LogP contribution in [0.2, 0.25) is 0 Å². The lowest BCUT2D eigenvalue weighted by Crippen LogP contribution is -2.09. The second-order valence-electron chi connectivity index (χ2n) is 3.76. The monoisotopic (exact) mass is 243 g/mol. The summed E-state index contributed by atoms with van der Waals surface area (Å²) >= 11 is 0. The summed E-state index contributed by atoms with van der Waals surface area (Å²) in [7, 11) is 1.88. The van der Waals surface area contributed by atoms with E-state index >= 15 is 0 Å². The first-order valence-corrected chi connectivity index (χ1v) is 5.97. The molecule has 0 radical (unpaired) electrons. The Kier molecular flexibility index (Phi) is 4.47. The predicted molar refractivity (Wildman–Crippen MR) is 73.4 cm³/mol. The normalized spacial score (nSPS) is 9.83. The minimum atomic E-state index is 0.521. The Hall–Kier alpha value is -2.16. The molecule has 0 fully saturated rings. The average molecular weight is 243 g/mol. The number of para-hydroxylation sites is 3. The number of rotatable bonds is 6. The Balaban J connectivity index is 1.78. The molecule has 1 N–H and O–H groups in total. The molecule has 18 heavy (non-hydrogen) atoms. The molecule has 2 aromatic rings. The summed E-state index contributed by atoms with van der Waals surface area (Å²) in [6.07, 6.45) is 0. The van der Waals surface area contributed by atoms with Crippen molar-refractivity contribution in [2.75, 3.05) is 25.6 Å². The van der Waals surface area contributed by atoms with Crippen LogP contribution in [0.25, 0.3) is 0 Å². The zero-order valence-electron chi connectivity index (χ0n) is 10.4. The molecule has 0 unspecified atom stereocenters. The molecule has 0 amide bonds. The van der Waals surface area contributed by atoms with Gasteiger partial charge in [-0.1, -0.05) is 30.3 Å². The van der Waals surface area contributed by atoms with Gasteiger partial charge in [-0.3, -0.25) is 0 Å². The van der Waals surface area contributed by atoms with Gasteiger partial charge in [0.15, 0.2) is 0 Å². The van der Waals surface area contributed by atoms with Crippen molar-refractivity contribution in [2.24, 2.45) is 0 Å². The molecule has 0 aliphatic rings. The van der Waals surface area contributed by atoms with Crippen molar-refractivity contribution in [1.82, 2.24) is 0 Å².